The Kier molecular flexibility index (Phi) is 3.68. The van der Waals surface area contributed by atoms with Crippen LogP contribution in [-0.2, 0) is 16.6 Å². The number of carbonyl (C=O) groups excluding carboxylic acids is 1. The first-order chi connectivity index (χ1) is 10.6. The number of hydrogen-bond acceptors (Lipinski definition) is 4. The number of benzene rings is 1. The van der Waals surface area contributed by atoms with Crippen LogP contribution in [-0.4, -0.2) is 15.7 Å². The van der Waals surface area contributed by atoms with Crippen molar-refractivity contribution in [2.75, 3.05) is 0 Å². The number of aromatic nitrogens is 2. The van der Waals surface area contributed by atoms with E-state index in [9.17, 15) is 4.79 Å². The van der Waals surface area contributed by atoms with Crippen LogP contribution >= 0.6 is 0 Å². The highest BCUT2D eigenvalue weighted by atomic mass is 16.5. The van der Waals surface area contributed by atoms with Gasteiger partial charge in [0, 0.05) is 19.2 Å². The number of nitrogens with zero attached hydrogens (tertiary/aromatic N) is 3. The average molecular weight is 295 g/mol. The number of hydrogen-bond donors (Lipinski definition) is 0. The van der Waals surface area contributed by atoms with Crippen LogP contribution in [0.1, 0.15) is 42.1 Å². The average Bonchev–Trinajstić information content (AvgIpc) is 3.22. The summed E-state index contributed by atoms with van der Waals surface area (Å²) < 4.78 is 7.28. The van der Waals surface area contributed by atoms with Gasteiger partial charge in [-0.2, -0.15) is 10.4 Å². The molecule has 1 aromatic heterocycles. The maximum atomic E-state index is 12.2. The second kappa shape index (κ2) is 5.64. The van der Waals surface area contributed by atoms with Gasteiger partial charge in [0.1, 0.15) is 6.10 Å². The van der Waals surface area contributed by atoms with Crippen molar-refractivity contribution in [2.24, 2.45) is 13.0 Å². The van der Waals surface area contributed by atoms with E-state index in [0.717, 1.165) is 17.5 Å². The molecule has 0 bridgehead atoms. The quantitative estimate of drug-likeness (QED) is 0.813. The summed E-state index contributed by atoms with van der Waals surface area (Å²) in [4.78, 5) is 12.2. The first kappa shape index (κ1) is 14.3. The highest BCUT2D eigenvalue weighted by Gasteiger charge is 2.46. The topological polar surface area (TPSA) is 67.9 Å². The minimum Gasteiger partial charge on any atom is -0.458 e. The molecule has 3 rings (SSSR count). The second-order valence-corrected chi connectivity index (χ2v) is 5.71. The number of esters is 1. The van der Waals surface area contributed by atoms with Gasteiger partial charge < -0.3 is 4.74 Å². The molecule has 0 aliphatic heterocycles. The van der Waals surface area contributed by atoms with Crippen molar-refractivity contribution in [2.45, 2.75) is 25.4 Å². The Morgan fingerprint density at radius 2 is 2.36 bits per heavy atom. The summed E-state index contributed by atoms with van der Waals surface area (Å²) in [5.41, 5.74) is 2.50. The first-order valence-electron chi connectivity index (χ1n) is 7.27. The fraction of sp³-hybridized carbons (Fsp3) is 0.353. The molecule has 0 spiro atoms. The molecule has 22 heavy (non-hydrogen) atoms. The lowest BCUT2D eigenvalue weighted by Crippen LogP contribution is -2.11. The zero-order valence-corrected chi connectivity index (χ0v) is 12.6. The van der Waals surface area contributed by atoms with Gasteiger partial charge in [-0.3, -0.25) is 9.48 Å². The van der Waals surface area contributed by atoms with Crippen LogP contribution in [0.5, 0.6) is 0 Å². The predicted octanol–water partition coefficient (Wildman–Crippen LogP) is 2.70. The highest BCUT2D eigenvalue weighted by molar-refractivity contribution is 5.77. The Hall–Kier alpha value is -2.61. The molecule has 0 saturated heterocycles. The molecule has 1 aliphatic rings. The molecule has 0 unspecified atom stereocenters. The summed E-state index contributed by atoms with van der Waals surface area (Å²) >= 11 is 0. The van der Waals surface area contributed by atoms with Gasteiger partial charge in [-0.15, -0.1) is 0 Å². The first-order valence-corrected chi connectivity index (χ1v) is 7.27. The van der Waals surface area contributed by atoms with Crippen molar-refractivity contribution in [1.29, 1.82) is 5.26 Å². The number of nitriles is 1. The van der Waals surface area contributed by atoms with Crippen molar-refractivity contribution in [3.05, 3.63) is 53.3 Å². The van der Waals surface area contributed by atoms with Gasteiger partial charge in [-0.1, -0.05) is 12.1 Å². The lowest BCUT2D eigenvalue weighted by molar-refractivity contribution is -0.150. The Labute approximate surface area is 129 Å². The Morgan fingerprint density at radius 1 is 1.55 bits per heavy atom. The number of rotatable bonds is 4. The largest absolute Gasteiger partial charge is 0.458 e. The minimum atomic E-state index is -0.351. The van der Waals surface area contributed by atoms with Crippen LogP contribution in [0.3, 0.4) is 0 Å². The third-order valence-corrected chi connectivity index (χ3v) is 4.02. The lowest BCUT2D eigenvalue weighted by Gasteiger charge is -2.13. The molecule has 1 saturated carbocycles. The zero-order valence-electron chi connectivity index (χ0n) is 12.6. The number of aryl methyl sites for hydroxylation is 1. The van der Waals surface area contributed by atoms with E-state index >= 15 is 0 Å². The minimum absolute atomic E-state index is 0.0780. The van der Waals surface area contributed by atoms with Crippen molar-refractivity contribution >= 4 is 5.97 Å². The Bertz CT molecular complexity index is 744. The predicted molar refractivity (Wildman–Crippen MR) is 79.7 cm³/mol. The van der Waals surface area contributed by atoms with Crippen molar-refractivity contribution in [3.63, 3.8) is 0 Å². The molecule has 5 nitrogen and oxygen atoms in total. The Morgan fingerprint density at radius 3 is 3.05 bits per heavy atom. The second-order valence-electron chi connectivity index (χ2n) is 5.71. The standard InChI is InChI=1S/C17H17N3O2/c1-11(13-5-3-4-12(6-13)8-18)22-17(21)16-7-15(16)14-9-19-20(2)10-14/h3-6,9-11,15-16H,7H2,1-2H3/t11-,15+,16+/m0/s1. The molecule has 0 N–H and O–H groups in total. The molecule has 1 aliphatic carbocycles. The molecule has 5 heteroatoms. The summed E-state index contributed by atoms with van der Waals surface area (Å²) in [7, 11) is 1.86. The van der Waals surface area contributed by atoms with E-state index in [2.05, 4.69) is 11.2 Å². The lowest BCUT2D eigenvalue weighted by atomic mass is 10.1. The van der Waals surface area contributed by atoms with Crippen molar-refractivity contribution in [3.8, 4) is 6.07 Å². The van der Waals surface area contributed by atoms with E-state index < -0.39 is 0 Å². The summed E-state index contributed by atoms with van der Waals surface area (Å²) in [6.07, 6.45) is 4.21. The summed E-state index contributed by atoms with van der Waals surface area (Å²) in [5, 5.41) is 13.1. The third-order valence-electron chi connectivity index (χ3n) is 4.02. The molecular formula is C17H17N3O2. The molecule has 2 aromatic rings. The van der Waals surface area contributed by atoms with Crippen LogP contribution in [0.15, 0.2) is 36.7 Å². The molecule has 1 fully saturated rings. The zero-order chi connectivity index (χ0) is 15.7. The number of ether oxygens (including phenoxy) is 1. The molecule has 1 heterocycles. The maximum Gasteiger partial charge on any atom is 0.310 e. The van der Waals surface area contributed by atoms with Crippen molar-refractivity contribution < 1.29 is 9.53 Å². The van der Waals surface area contributed by atoms with Gasteiger partial charge in [-0.25, -0.2) is 0 Å². The number of carbonyl (C=O) groups is 1. The SMILES string of the molecule is C[C@H](OC(=O)[C@@H]1C[C@@H]1c1cnn(C)c1)c1cccc(C#N)c1. The van der Waals surface area contributed by atoms with Crippen LogP contribution < -0.4 is 0 Å². The third kappa shape index (κ3) is 2.86. The van der Waals surface area contributed by atoms with E-state index in [-0.39, 0.29) is 23.9 Å². The van der Waals surface area contributed by atoms with Gasteiger partial charge in [0.05, 0.1) is 23.7 Å². The molecule has 3 atom stereocenters. The van der Waals surface area contributed by atoms with Crippen LogP contribution in [0.25, 0.3) is 0 Å². The summed E-state index contributed by atoms with van der Waals surface area (Å²) in [6.45, 7) is 1.83. The normalized spacial score (nSPS) is 21.0. The fourth-order valence-electron chi connectivity index (χ4n) is 2.65. The molecule has 0 amide bonds. The van der Waals surface area contributed by atoms with Gasteiger partial charge in [0.2, 0.25) is 0 Å². The smallest absolute Gasteiger partial charge is 0.310 e. The van der Waals surface area contributed by atoms with Crippen molar-refractivity contribution in [1.82, 2.24) is 9.78 Å². The molecule has 112 valence electrons. The maximum absolute atomic E-state index is 12.2. The van der Waals surface area contributed by atoms with Crippen LogP contribution in [0, 0.1) is 17.2 Å². The van der Waals surface area contributed by atoms with E-state index in [0.29, 0.717) is 5.56 Å². The molecule has 0 radical (unpaired) electrons. The van der Waals surface area contributed by atoms with Gasteiger partial charge in [-0.05, 0) is 36.6 Å². The summed E-state index contributed by atoms with van der Waals surface area (Å²) in [5.74, 6) is -0.0339. The molecule has 1 aromatic carbocycles. The summed E-state index contributed by atoms with van der Waals surface area (Å²) in [6, 6.07) is 9.24. The highest BCUT2D eigenvalue weighted by Crippen LogP contribution is 2.48. The van der Waals surface area contributed by atoms with Crippen LogP contribution in [0.4, 0.5) is 0 Å². The van der Waals surface area contributed by atoms with Gasteiger partial charge >= 0.3 is 5.97 Å². The Balaban J connectivity index is 1.61. The van der Waals surface area contributed by atoms with E-state index in [4.69, 9.17) is 10.00 Å². The van der Waals surface area contributed by atoms with Crippen LogP contribution in [0.2, 0.25) is 0 Å². The van der Waals surface area contributed by atoms with Gasteiger partial charge in [0.15, 0.2) is 0 Å². The fourth-order valence-corrected chi connectivity index (χ4v) is 2.65. The van der Waals surface area contributed by atoms with Gasteiger partial charge in [0.25, 0.3) is 0 Å². The van der Waals surface area contributed by atoms with E-state index in [1.165, 1.54) is 0 Å². The van der Waals surface area contributed by atoms with E-state index in [1.54, 1.807) is 29.1 Å². The monoisotopic (exact) mass is 295 g/mol. The van der Waals surface area contributed by atoms with E-state index in [1.807, 2.05) is 26.2 Å². The molecular weight excluding hydrogens is 278 g/mol.